The predicted octanol–water partition coefficient (Wildman–Crippen LogP) is 3.99. The molecule has 0 bridgehead atoms. The van der Waals surface area contributed by atoms with Crippen molar-refractivity contribution in [3.63, 3.8) is 0 Å². The summed E-state index contributed by atoms with van der Waals surface area (Å²) in [7, 11) is 0. The van der Waals surface area contributed by atoms with Crippen LogP contribution >= 0.6 is 0 Å². The van der Waals surface area contributed by atoms with Gasteiger partial charge >= 0.3 is 0 Å². The SMILES string of the molecule is Cc1ccccc1C1CNCC1CN(C(=O)c1ccc(F)cc1)C(C)C. The van der Waals surface area contributed by atoms with Crippen LogP contribution in [0.15, 0.2) is 48.5 Å². The number of nitrogens with one attached hydrogen (secondary N) is 1. The molecule has 138 valence electrons. The molecule has 1 saturated heterocycles. The Balaban J connectivity index is 1.80. The smallest absolute Gasteiger partial charge is 0.254 e. The molecule has 0 spiro atoms. The minimum atomic E-state index is -0.322. The number of carbonyl (C=O) groups excluding carboxylic acids is 1. The molecule has 1 aliphatic rings. The second-order valence-corrected chi connectivity index (χ2v) is 7.44. The molecule has 2 aromatic carbocycles. The van der Waals surface area contributed by atoms with Gasteiger partial charge in [-0.15, -0.1) is 0 Å². The number of amides is 1. The lowest BCUT2D eigenvalue weighted by Crippen LogP contribution is -2.41. The Hall–Kier alpha value is -2.20. The molecule has 0 aromatic heterocycles. The van der Waals surface area contributed by atoms with E-state index in [2.05, 4.69) is 36.5 Å². The highest BCUT2D eigenvalue weighted by atomic mass is 19.1. The highest BCUT2D eigenvalue weighted by Gasteiger charge is 2.33. The van der Waals surface area contributed by atoms with Crippen LogP contribution in [0, 0.1) is 18.7 Å². The molecule has 2 unspecified atom stereocenters. The molecular formula is C22H27FN2O. The molecule has 3 rings (SSSR count). The highest BCUT2D eigenvalue weighted by Crippen LogP contribution is 2.31. The number of hydrogen-bond acceptors (Lipinski definition) is 2. The number of hydrogen-bond donors (Lipinski definition) is 1. The van der Waals surface area contributed by atoms with Gasteiger partial charge in [-0.3, -0.25) is 4.79 Å². The summed E-state index contributed by atoms with van der Waals surface area (Å²) in [6, 6.07) is 14.4. The monoisotopic (exact) mass is 354 g/mol. The van der Waals surface area contributed by atoms with Gasteiger partial charge in [-0.2, -0.15) is 0 Å². The van der Waals surface area contributed by atoms with Crippen LogP contribution in [0.3, 0.4) is 0 Å². The van der Waals surface area contributed by atoms with Crippen molar-refractivity contribution in [1.29, 1.82) is 0 Å². The van der Waals surface area contributed by atoms with E-state index in [9.17, 15) is 9.18 Å². The molecular weight excluding hydrogens is 327 g/mol. The van der Waals surface area contributed by atoms with E-state index in [4.69, 9.17) is 0 Å². The molecule has 1 fully saturated rings. The molecule has 26 heavy (non-hydrogen) atoms. The van der Waals surface area contributed by atoms with Gasteiger partial charge in [0.1, 0.15) is 5.82 Å². The van der Waals surface area contributed by atoms with E-state index in [0.717, 1.165) is 13.1 Å². The molecule has 2 aromatic rings. The summed E-state index contributed by atoms with van der Waals surface area (Å²) in [4.78, 5) is 14.9. The molecule has 0 radical (unpaired) electrons. The maximum atomic E-state index is 13.2. The Morgan fingerprint density at radius 1 is 1.15 bits per heavy atom. The van der Waals surface area contributed by atoms with Crippen LogP contribution in [0.4, 0.5) is 4.39 Å². The van der Waals surface area contributed by atoms with Crippen LogP contribution < -0.4 is 5.32 Å². The molecule has 2 atom stereocenters. The van der Waals surface area contributed by atoms with Gasteiger partial charge in [-0.05, 0) is 62.1 Å². The van der Waals surface area contributed by atoms with Gasteiger partial charge in [0.2, 0.25) is 0 Å². The lowest BCUT2D eigenvalue weighted by Gasteiger charge is -2.32. The Labute approximate surface area is 155 Å². The van der Waals surface area contributed by atoms with E-state index in [1.54, 1.807) is 12.1 Å². The third kappa shape index (κ3) is 3.96. The van der Waals surface area contributed by atoms with Crippen LogP contribution in [0.5, 0.6) is 0 Å². The fourth-order valence-electron chi connectivity index (χ4n) is 3.83. The molecule has 1 heterocycles. The lowest BCUT2D eigenvalue weighted by atomic mass is 9.86. The zero-order valence-electron chi connectivity index (χ0n) is 15.7. The fraction of sp³-hybridized carbons (Fsp3) is 0.409. The quantitative estimate of drug-likeness (QED) is 0.881. The maximum Gasteiger partial charge on any atom is 0.254 e. The van der Waals surface area contributed by atoms with Crippen LogP contribution in [0.25, 0.3) is 0 Å². The van der Waals surface area contributed by atoms with Crippen molar-refractivity contribution in [3.8, 4) is 0 Å². The molecule has 1 aliphatic heterocycles. The summed E-state index contributed by atoms with van der Waals surface area (Å²) < 4.78 is 13.2. The number of aryl methyl sites for hydroxylation is 1. The van der Waals surface area contributed by atoms with Crippen LogP contribution in [-0.4, -0.2) is 36.5 Å². The first-order valence-corrected chi connectivity index (χ1v) is 9.30. The second kappa shape index (κ2) is 8.00. The summed E-state index contributed by atoms with van der Waals surface area (Å²) in [5, 5.41) is 3.49. The van der Waals surface area contributed by atoms with Crippen LogP contribution in [0.2, 0.25) is 0 Å². The van der Waals surface area contributed by atoms with Gasteiger partial charge < -0.3 is 10.2 Å². The number of benzene rings is 2. The standard InChI is InChI=1S/C22H27FN2O/c1-15(2)25(22(26)17-8-10-19(23)11-9-17)14-18-12-24-13-21(18)20-7-5-4-6-16(20)3/h4-11,15,18,21,24H,12-14H2,1-3H3. The highest BCUT2D eigenvalue weighted by molar-refractivity contribution is 5.94. The van der Waals surface area contributed by atoms with Gasteiger partial charge in [0, 0.05) is 37.2 Å². The molecule has 0 saturated carbocycles. The number of halogens is 1. The average molecular weight is 354 g/mol. The van der Waals surface area contributed by atoms with E-state index in [-0.39, 0.29) is 17.8 Å². The predicted molar refractivity (Wildman–Crippen MR) is 103 cm³/mol. The second-order valence-electron chi connectivity index (χ2n) is 7.44. The molecule has 3 nitrogen and oxygen atoms in total. The minimum Gasteiger partial charge on any atom is -0.336 e. The first-order valence-electron chi connectivity index (χ1n) is 9.30. The Morgan fingerprint density at radius 3 is 2.50 bits per heavy atom. The van der Waals surface area contributed by atoms with Gasteiger partial charge in [0.25, 0.3) is 5.91 Å². The molecule has 4 heteroatoms. The summed E-state index contributed by atoms with van der Waals surface area (Å²) in [6.45, 7) is 8.75. The van der Waals surface area contributed by atoms with Crippen LogP contribution in [0.1, 0.15) is 41.3 Å². The normalized spacial score (nSPS) is 19.7. The summed E-state index contributed by atoms with van der Waals surface area (Å²) in [6.07, 6.45) is 0. The minimum absolute atomic E-state index is 0.0320. The average Bonchev–Trinajstić information content (AvgIpc) is 3.08. The van der Waals surface area contributed by atoms with Gasteiger partial charge in [0.15, 0.2) is 0 Å². The van der Waals surface area contributed by atoms with E-state index in [0.29, 0.717) is 23.9 Å². The molecule has 0 aliphatic carbocycles. The number of carbonyl (C=O) groups is 1. The molecule has 1 amide bonds. The number of rotatable bonds is 5. The largest absolute Gasteiger partial charge is 0.336 e. The van der Waals surface area contributed by atoms with Crippen molar-refractivity contribution in [3.05, 3.63) is 71.0 Å². The lowest BCUT2D eigenvalue weighted by molar-refractivity contribution is 0.0672. The fourth-order valence-corrected chi connectivity index (χ4v) is 3.83. The number of nitrogens with zero attached hydrogens (tertiary/aromatic N) is 1. The zero-order valence-corrected chi connectivity index (χ0v) is 15.7. The van der Waals surface area contributed by atoms with E-state index in [1.807, 2.05) is 18.7 Å². The Bertz CT molecular complexity index is 757. The third-order valence-electron chi connectivity index (χ3n) is 5.33. The van der Waals surface area contributed by atoms with Crippen molar-refractivity contribution in [1.82, 2.24) is 10.2 Å². The first kappa shape index (κ1) is 18.6. The van der Waals surface area contributed by atoms with Crippen molar-refractivity contribution in [2.75, 3.05) is 19.6 Å². The van der Waals surface area contributed by atoms with Crippen LogP contribution in [-0.2, 0) is 0 Å². The van der Waals surface area contributed by atoms with E-state index < -0.39 is 0 Å². The first-order chi connectivity index (χ1) is 12.5. The van der Waals surface area contributed by atoms with Gasteiger partial charge in [-0.1, -0.05) is 24.3 Å². The van der Waals surface area contributed by atoms with E-state index >= 15 is 0 Å². The molecule has 1 N–H and O–H groups in total. The van der Waals surface area contributed by atoms with Gasteiger partial charge in [-0.25, -0.2) is 4.39 Å². The van der Waals surface area contributed by atoms with E-state index in [1.165, 1.54) is 23.3 Å². The van der Waals surface area contributed by atoms with Gasteiger partial charge in [0.05, 0.1) is 0 Å². The summed E-state index contributed by atoms with van der Waals surface area (Å²) in [5.74, 6) is 0.411. The van der Waals surface area contributed by atoms with Crippen molar-refractivity contribution < 1.29 is 9.18 Å². The topological polar surface area (TPSA) is 32.3 Å². The summed E-state index contributed by atoms with van der Waals surface area (Å²) in [5.41, 5.74) is 3.20. The van der Waals surface area contributed by atoms with Crippen molar-refractivity contribution >= 4 is 5.91 Å². The third-order valence-corrected chi connectivity index (χ3v) is 5.33. The zero-order chi connectivity index (χ0) is 18.7. The Morgan fingerprint density at radius 2 is 1.85 bits per heavy atom. The maximum absolute atomic E-state index is 13.2. The van der Waals surface area contributed by atoms with Crippen molar-refractivity contribution in [2.45, 2.75) is 32.7 Å². The van der Waals surface area contributed by atoms with Crippen molar-refractivity contribution in [2.24, 2.45) is 5.92 Å². The Kier molecular flexibility index (Phi) is 5.72. The summed E-state index contributed by atoms with van der Waals surface area (Å²) >= 11 is 0.